The molecule has 0 saturated carbocycles. The molecule has 0 aliphatic carbocycles. The van der Waals surface area contributed by atoms with E-state index in [1.165, 1.54) is 0 Å². The van der Waals surface area contributed by atoms with Crippen molar-refractivity contribution >= 4 is 16.0 Å². The van der Waals surface area contributed by atoms with Crippen molar-refractivity contribution in [3.05, 3.63) is 29.3 Å². The van der Waals surface area contributed by atoms with Gasteiger partial charge in [-0.15, -0.1) is 0 Å². The highest BCUT2D eigenvalue weighted by atomic mass is 32.2. The molecule has 6 nitrogen and oxygen atoms in total. The first-order valence-electron chi connectivity index (χ1n) is 5.22. The van der Waals surface area contributed by atoms with E-state index < -0.39 is 38.1 Å². The summed E-state index contributed by atoms with van der Waals surface area (Å²) >= 11 is 0. The van der Waals surface area contributed by atoms with Gasteiger partial charge < -0.3 is 10.8 Å². The van der Waals surface area contributed by atoms with Crippen LogP contribution >= 0.6 is 0 Å². The van der Waals surface area contributed by atoms with Gasteiger partial charge in [-0.2, -0.15) is 0 Å². The number of rotatable bonds is 6. The minimum absolute atomic E-state index is 0.0297. The largest absolute Gasteiger partial charge is 0.477 e. The summed E-state index contributed by atoms with van der Waals surface area (Å²) in [5, 5.41) is 8.64. The zero-order valence-electron chi connectivity index (χ0n) is 9.69. The number of carboxylic acid groups (broad SMARTS) is 1. The van der Waals surface area contributed by atoms with Crippen LogP contribution in [0.4, 0.5) is 8.78 Å². The molecule has 0 radical (unpaired) electrons. The molecule has 0 aromatic heterocycles. The van der Waals surface area contributed by atoms with E-state index in [0.717, 1.165) is 0 Å². The summed E-state index contributed by atoms with van der Waals surface area (Å²) in [6.45, 7) is 0.201. The van der Waals surface area contributed by atoms with Crippen molar-refractivity contribution in [3.63, 3.8) is 0 Å². The fourth-order valence-electron chi connectivity index (χ4n) is 1.32. The number of hydrogen-bond donors (Lipinski definition) is 3. The van der Waals surface area contributed by atoms with Crippen LogP contribution in [-0.4, -0.2) is 32.6 Å². The minimum atomic E-state index is -4.25. The molecular weight excluding hydrogens is 282 g/mol. The Hall–Kier alpha value is -1.58. The third-order valence-electron chi connectivity index (χ3n) is 2.23. The fourth-order valence-corrected chi connectivity index (χ4v) is 2.48. The molecular formula is C10H12F2N2O4S. The Morgan fingerprint density at radius 1 is 1.37 bits per heavy atom. The molecule has 19 heavy (non-hydrogen) atoms. The Labute approximate surface area is 108 Å². The molecule has 1 aromatic carbocycles. The van der Waals surface area contributed by atoms with Gasteiger partial charge in [0.05, 0.1) is 0 Å². The van der Waals surface area contributed by atoms with Crippen LogP contribution in [-0.2, 0) is 10.0 Å². The number of hydrogen-bond acceptors (Lipinski definition) is 4. The predicted octanol–water partition coefficient (Wildman–Crippen LogP) is 0.290. The number of aromatic carboxylic acids is 1. The van der Waals surface area contributed by atoms with E-state index >= 15 is 0 Å². The highest BCUT2D eigenvalue weighted by Gasteiger charge is 2.26. The SMILES string of the molecule is NCCCNS(=O)(=O)c1ccc(F)c(C(=O)O)c1F. The van der Waals surface area contributed by atoms with Gasteiger partial charge in [0.25, 0.3) is 0 Å². The lowest BCUT2D eigenvalue weighted by Crippen LogP contribution is -2.27. The highest BCUT2D eigenvalue weighted by Crippen LogP contribution is 2.20. The summed E-state index contributed by atoms with van der Waals surface area (Å²) in [6, 6.07) is 1.26. The number of carboxylic acids is 1. The van der Waals surface area contributed by atoms with Crippen LogP contribution in [0.3, 0.4) is 0 Å². The summed E-state index contributed by atoms with van der Waals surface area (Å²) in [6.07, 6.45) is 0.327. The van der Waals surface area contributed by atoms with Gasteiger partial charge in [-0.25, -0.2) is 26.7 Å². The number of carbonyl (C=O) groups is 1. The number of sulfonamides is 1. The molecule has 0 atom stereocenters. The Morgan fingerprint density at radius 2 is 2.00 bits per heavy atom. The normalized spacial score (nSPS) is 11.5. The lowest BCUT2D eigenvalue weighted by atomic mass is 10.2. The molecule has 0 saturated heterocycles. The Bertz CT molecular complexity index is 589. The van der Waals surface area contributed by atoms with Crippen LogP contribution in [0, 0.1) is 11.6 Å². The highest BCUT2D eigenvalue weighted by molar-refractivity contribution is 7.89. The van der Waals surface area contributed by atoms with Crippen molar-refractivity contribution in [1.82, 2.24) is 4.72 Å². The average Bonchev–Trinajstić information content (AvgIpc) is 2.28. The third-order valence-corrected chi connectivity index (χ3v) is 3.71. The van der Waals surface area contributed by atoms with Gasteiger partial charge in [0.15, 0.2) is 5.82 Å². The van der Waals surface area contributed by atoms with E-state index in [1.807, 2.05) is 4.72 Å². The van der Waals surface area contributed by atoms with Gasteiger partial charge in [0.1, 0.15) is 16.3 Å². The van der Waals surface area contributed by atoms with E-state index in [2.05, 4.69) is 0 Å². The van der Waals surface area contributed by atoms with E-state index in [0.29, 0.717) is 18.6 Å². The maximum Gasteiger partial charge on any atom is 0.341 e. The van der Waals surface area contributed by atoms with Crippen molar-refractivity contribution in [2.24, 2.45) is 5.73 Å². The summed E-state index contributed by atoms with van der Waals surface area (Å²) < 4.78 is 52.3. The molecule has 0 aliphatic rings. The van der Waals surface area contributed by atoms with Crippen molar-refractivity contribution in [2.45, 2.75) is 11.3 Å². The van der Waals surface area contributed by atoms with E-state index in [1.54, 1.807) is 0 Å². The Morgan fingerprint density at radius 3 is 2.53 bits per heavy atom. The molecule has 0 spiro atoms. The quantitative estimate of drug-likeness (QED) is 0.653. The fraction of sp³-hybridized carbons (Fsp3) is 0.300. The number of halogens is 2. The smallest absolute Gasteiger partial charge is 0.341 e. The van der Waals surface area contributed by atoms with Crippen molar-refractivity contribution in [2.75, 3.05) is 13.1 Å². The topological polar surface area (TPSA) is 109 Å². The van der Waals surface area contributed by atoms with Crippen molar-refractivity contribution in [3.8, 4) is 0 Å². The minimum Gasteiger partial charge on any atom is -0.477 e. The van der Waals surface area contributed by atoms with Crippen molar-refractivity contribution in [1.29, 1.82) is 0 Å². The first-order chi connectivity index (χ1) is 8.81. The molecule has 0 bridgehead atoms. The van der Waals surface area contributed by atoms with Gasteiger partial charge in [-0.05, 0) is 25.1 Å². The van der Waals surface area contributed by atoms with Gasteiger partial charge >= 0.3 is 5.97 Å². The summed E-state index contributed by atoms with van der Waals surface area (Å²) in [5.41, 5.74) is 3.87. The van der Waals surface area contributed by atoms with Crippen LogP contribution in [0.25, 0.3) is 0 Å². The van der Waals surface area contributed by atoms with Crippen LogP contribution in [0.2, 0.25) is 0 Å². The lowest BCUT2D eigenvalue weighted by Gasteiger charge is -2.09. The second kappa shape index (κ2) is 6.04. The van der Waals surface area contributed by atoms with Crippen LogP contribution in [0.5, 0.6) is 0 Å². The van der Waals surface area contributed by atoms with E-state index in [4.69, 9.17) is 10.8 Å². The lowest BCUT2D eigenvalue weighted by molar-refractivity contribution is 0.0685. The monoisotopic (exact) mass is 294 g/mol. The van der Waals surface area contributed by atoms with E-state index in [9.17, 15) is 22.0 Å². The summed E-state index contributed by atoms with van der Waals surface area (Å²) in [4.78, 5) is 9.76. The molecule has 0 unspecified atom stereocenters. The zero-order valence-corrected chi connectivity index (χ0v) is 10.5. The Balaban J connectivity index is 3.21. The van der Waals surface area contributed by atoms with Gasteiger partial charge in [-0.3, -0.25) is 0 Å². The molecule has 1 aromatic rings. The number of nitrogens with two attached hydrogens (primary N) is 1. The maximum atomic E-state index is 13.7. The molecule has 106 valence electrons. The van der Waals surface area contributed by atoms with Crippen LogP contribution in [0.15, 0.2) is 17.0 Å². The van der Waals surface area contributed by atoms with Crippen LogP contribution < -0.4 is 10.5 Å². The van der Waals surface area contributed by atoms with Crippen molar-refractivity contribution < 1.29 is 27.1 Å². The summed E-state index contributed by atoms with van der Waals surface area (Å²) in [5.74, 6) is -4.85. The first kappa shape index (κ1) is 15.5. The molecule has 0 heterocycles. The standard InChI is InChI=1S/C10H12F2N2O4S/c11-6-2-3-7(9(12)8(6)10(15)16)19(17,18)14-5-1-4-13/h2-3,14H,1,4-5,13H2,(H,15,16). The average molecular weight is 294 g/mol. The molecule has 0 fully saturated rings. The Kier molecular flexibility index (Phi) is 4.92. The predicted molar refractivity (Wildman–Crippen MR) is 62.2 cm³/mol. The first-order valence-corrected chi connectivity index (χ1v) is 6.70. The molecule has 1 rings (SSSR count). The number of nitrogens with one attached hydrogen (secondary N) is 1. The molecule has 0 aliphatic heterocycles. The van der Waals surface area contributed by atoms with E-state index in [-0.39, 0.29) is 13.1 Å². The van der Waals surface area contributed by atoms with Gasteiger partial charge in [-0.1, -0.05) is 0 Å². The second-order valence-corrected chi connectivity index (χ2v) is 5.32. The molecule has 4 N–H and O–H groups in total. The molecule has 9 heteroatoms. The van der Waals surface area contributed by atoms with Crippen LogP contribution in [0.1, 0.15) is 16.8 Å². The third kappa shape index (κ3) is 3.46. The zero-order chi connectivity index (χ0) is 14.6. The summed E-state index contributed by atoms with van der Waals surface area (Å²) in [7, 11) is -4.25. The second-order valence-electron chi connectivity index (χ2n) is 3.58. The maximum absolute atomic E-state index is 13.7. The van der Waals surface area contributed by atoms with Gasteiger partial charge in [0, 0.05) is 6.54 Å². The molecule has 0 amide bonds. The van der Waals surface area contributed by atoms with Gasteiger partial charge in [0.2, 0.25) is 10.0 Å². The number of benzene rings is 1.